The number of hydrogen-bond donors (Lipinski definition) is 7. The van der Waals surface area contributed by atoms with Crippen LogP contribution in [0.25, 0.3) is 0 Å². The highest BCUT2D eigenvalue weighted by Gasteiger charge is 2.19. The lowest BCUT2D eigenvalue weighted by atomic mass is 10.2. The van der Waals surface area contributed by atoms with Crippen molar-refractivity contribution in [3.05, 3.63) is 79.8 Å². The molecule has 22 nitrogen and oxygen atoms in total. The Hall–Kier alpha value is -4.55. The Morgan fingerprint density at radius 3 is 1.49 bits per heavy atom. The van der Waals surface area contributed by atoms with Gasteiger partial charge < -0.3 is 9.57 Å². The van der Waals surface area contributed by atoms with Gasteiger partial charge in [0.15, 0.2) is 23.1 Å². The lowest BCUT2D eigenvalue weighted by Gasteiger charge is -2.08. The van der Waals surface area contributed by atoms with Crippen molar-refractivity contribution in [2.24, 2.45) is 9.98 Å². The van der Waals surface area contributed by atoms with Crippen LogP contribution in [0.3, 0.4) is 0 Å². The van der Waals surface area contributed by atoms with Crippen LogP contribution in [0.4, 0.5) is 20.2 Å². The number of aryl methyl sites for hydroxylation is 2. The first-order valence-electron chi connectivity index (χ1n) is 17.3. The lowest BCUT2D eigenvalue weighted by molar-refractivity contribution is -0.156. The number of nitrogens with one attached hydrogen (secondary N) is 6. The largest absolute Gasteiger partial charge is 0.394 e. The number of hydroxylamine groups is 2. The maximum absolute atomic E-state index is 13.4. The smallest absolute Gasteiger partial charge is 0.329 e. The molecule has 0 fully saturated rings. The third-order valence-electron chi connectivity index (χ3n) is 6.47. The van der Waals surface area contributed by atoms with E-state index in [1.54, 1.807) is 0 Å². The van der Waals surface area contributed by atoms with Crippen molar-refractivity contribution in [1.29, 1.82) is 9.56 Å². The number of nitrogens with zero attached hydrogens (tertiary/aromatic N) is 6. The van der Waals surface area contributed by atoms with Gasteiger partial charge in [-0.3, -0.25) is 25.1 Å². The van der Waals surface area contributed by atoms with Crippen LogP contribution in [-0.4, -0.2) is 94.8 Å². The van der Waals surface area contributed by atoms with E-state index in [2.05, 4.69) is 82.1 Å². The Morgan fingerprint density at radius 2 is 1.16 bits per heavy atom. The molecule has 0 saturated heterocycles. The topological polar surface area (TPSA) is 322 Å². The molecule has 4 aromatic rings. The Morgan fingerprint density at radius 1 is 0.762 bits per heavy atom. The first-order valence-corrected chi connectivity index (χ1v) is 23.9. The molecule has 0 aliphatic carbocycles. The van der Waals surface area contributed by atoms with Crippen LogP contribution >= 0.6 is 55.1 Å². The minimum atomic E-state index is -2.80. The van der Waals surface area contributed by atoms with Gasteiger partial charge in [-0.05, 0) is 104 Å². The van der Waals surface area contributed by atoms with Crippen molar-refractivity contribution in [3.8, 4) is 0 Å². The number of aromatic nitrogens is 4. The highest BCUT2D eigenvalue weighted by atomic mass is 79.9. The first-order chi connectivity index (χ1) is 29.5. The molecule has 4 rings (SSSR count). The van der Waals surface area contributed by atoms with Crippen molar-refractivity contribution in [1.82, 2.24) is 41.0 Å². The number of rotatable bonds is 14. The molecule has 30 heteroatoms. The third-order valence-corrected chi connectivity index (χ3v) is 9.20. The van der Waals surface area contributed by atoms with E-state index in [0.717, 1.165) is 0 Å². The monoisotopic (exact) mass is 1100 g/mol. The summed E-state index contributed by atoms with van der Waals surface area (Å²) in [5.74, 6) is -2.59. The predicted molar refractivity (Wildman–Crippen MR) is 234 cm³/mol. The molecular weight excluding hydrogens is 1060 g/mol. The van der Waals surface area contributed by atoms with E-state index in [1.165, 1.54) is 69.7 Å². The average Bonchev–Trinajstić information content (AvgIpc) is 3.85. The summed E-state index contributed by atoms with van der Waals surface area (Å²) in [7, 11) is -5.56. The number of esters is 2. The molecule has 0 bridgehead atoms. The molecule has 348 valence electrons. The molecule has 63 heavy (non-hydrogen) atoms. The summed E-state index contributed by atoms with van der Waals surface area (Å²) >= 11 is 15.7. The minimum absolute atomic E-state index is 0.0116. The molecule has 0 aliphatic rings. The summed E-state index contributed by atoms with van der Waals surface area (Å²) < 4.78 is 82.9. The van der Waals surface area contributed by atoms with E-state index in [-0.39, 0.29) is 37.3 Å². The summed E-state index contributed by atoms with van der Waals surface area (Å²) in [6, 6.07) is 8.20. The maximum atomic E-state index is 13.4. The van der Waals surface area contributed by atoms with Crippen molar-refractivity contribution < 1.29 is 55.6 Å². The van der Waals surface area contributed by atoms with Gasteiger partial charge in [-0.15, -0.1) is 23.2 Å². The zero-order chi connectivity index (χ0) is 47.8. The molecule has 0 amide bonds. The number of hydrogen-bond acceptors (Lipinski definition) is 18. The van der Waals surface area contributed by atoms with Gasteiger partial charge in [-0.1, -0.05) is 10.3 Å². The molecule has 2 aromatic carbocycles. The highest BCUT2D eigenvalue weighted by Crippen LogP contribution is 2.24. The maximum Gasteiger partial charge on any atom is 0.329 e. The molecule has 0 aliphatic heterocycles. The van der Waals surface area contributed by atoms with Gasteiger partial charge in [0.05, 0.1) is 25.7 Å². The summed E-state index contributed by atoms with van der Waals surface area (Å²) in [5.41, 5.74) is 6.30. The van der Waals surface area contributed by atoms with Crippen LogP contribution in [0.15, 0.2) is 64.6 Å². The van der Waals surface area contributed by atoms with E-state index in [4.69, 9.17) is 46.9 Å². The van der Waals surface area contributed by atoms with Gasteiger partial charge in [-0.25, -0.2) is 55.4 Å². The second-order valence-electron chi connectivity index (χ2n) is 11.9. The minimum Gasteiger partial charge on any atom is -0.394 e. The summed E-state index contributed by atoms with van der Waals surface area (Å²) in [6.45, 7) is 4.23. The number of amidine groups is 2. The molecule has 2 heterocycles. The number of ether oxygens (including phenoxy) is 1. The van der Waals surface area contributed by atoms with E-state index >= 15 is 0 Å². The third kappa shape index (κ3) is 24.8. The van der Waals surface area contributed by atoms with Crippen molar-refractivity contribution in [2.75, 3.05) is 30.9 Å². The molecule has 0 saturated carbocycles. The van der Waals surface area contributed by atoms with Crippen LogP contribution in [0.2, 0.25) is 0 Å². The molecule has 7 N–H and O–H groups in total. The van der Waals surface area contributed by atoms with Crippen LogP contribution in [0, 0.1) is 21.2 Å². The van der Waals surface area contributed by atoms with Crippen molar-refractivity contribution in [3.63, 3.8) is 0 Å². The SMILES string of the molecule is CC(=O)OC(C)=O.CC(=O)ONC(=Nc1ccc(F)c(Br)c1)c1nonc1CCCNS(C)(=N)=O.CS(=N)(=O)NCCCc1nonc1C(=Nc1ccc(F)c(Br)c1)NO.ClCCl. The zero-order valence-corrected chi connectivity index (χ0v) is 40.1. The van der Waals surface area contributed by atoms with E-state index in [0.29, 0.717) is 61.5 Å². The van der Waals surface area contributed by atoms with Gasteiger partial charge in [0, 0.05) is 46.4 Å². The van der Waals surface area contributed by atoms with Crippen molar-refractivity contribution in [2.45, 2.75) is 46.5 Å². The van der Waals surface area contributed by atoms with Crippen LogP contribution in [0.1, 0.15) is 56.4 Å². The lowest BCUT2D eigenvalue weighted by Crippen LogP contribution is -2.28. The summed E-state index contributed by atoms with van der Waals surface area (Å²) in [6.07, 6.45) is 4.35. The quantitative estimate of drug-likeness (QED) is 0.0147. The molecule has 2 atom stereocenters. The fraction of sp³-hybridized carbons (Fsp3) is 0.364. The second-order valence-corrected chi connectivity index (χ2v) is 18.4. The predicted octanol–water partition coefficient (Wildman–Crippen LogP) is 5.89. The van der Waals surface area contributed by atoms with E-state index < -0.39 is 49.4 Å². The molecule has 2 aromatic heterocycles. The summed E-state index contributed by atoms with van der Waals surface area (Å²) in [4.78, 5) is 44.0. The summed E-state index contributed by atoms with van der Waals surface area (Å²) in [5, 5.41) is 24.6. The van der Waals surface area contributed by atoms with Gasteiger partial charge in [-0.2, -0.15) is 5.48 Å². The number of benzene rings is 2. The number of carbonyl (C=O) groups excluding carboxylic acids is 3. The molecule has 0 spiro atoms. The van der Waals surface area contributed by atoms with Crippen LogP contribution in [-0.2, 0) is 56.6 Å². The Bertz CT molecular complexity index is 2400. The molecule has 0 radical (unpaired) electrons. The number of aliphatic imine (C=N–C) groups is 2. The van der Waals surface area contributed by atoms with Crippen LogP contribution < -0.4 is 20.4 Å². The molecular formula is C33H42Br2Cl2F2N12O10S2. The fourth-order valence-electron chi connectivity index (χ4n) is 4.09. The van der Waals surface area contributed by atoms with E-state index in [1.807, 2.05) is 5.48 Å². The second kappa shape index (κ2) is 29.0. The van der Waals surface area contributed by atoms with E-state index in [9.17, 15) is 36.8 Å². The van der Waals surface area contributed by atoms with Crippen molar-refractivity contribution >= 4 is 116 Å². The number of alkyl halides is 2. The van der Waals surface area contributed by atoms with Gasteiger partial charge in [0.2, 0.25) is 0 Å². The first kappa shape index (κ1) is 56.5. The van der Waals surface area contributed by atoms with Gasteiger partial charge in [0.25, 0.3) is 0 Å². The van der Waals surface area contributed by atoms with Gasteiger partial charge in [0.1, 0.15) is 42.9 Å². The Labute approximate surface area is 387 Å². The fourth-order valence-corrected chi connectivity index (χ4v) is 5.89. The highest BCUT2D eigenvalue weighted by molar-refractivity contribution is 9.10. The number of halogens is 6. The number of carbonyl (C=O) groups is 3. The standard InChI is InChI=1S/C15H18BrFN6O4S.C13H16BrFN6O3S.C4H6O3.CH2Cl2/c1-9(24)26-23-15(20-10-5-6-12(17)11(16)8-10)14-13(21-27-22-14)4-3-7-19-28(2,18)25;1-25(16,23)17-6-2-3-11-12(21-24-20-11)13(19-22)18-8-4-5-10(15)9(14)7-8;1-3(5)7-4(2)6;2-1-3/h5-6,8H,3-4,7H2,1-2H3,(H,20,23)(H2,18,19,25);4-5,7,22H,2-3,6H2,1H3,(H,18,19)(H2,16,17,23);1-2H3;1H2. The zero-order valence-electron chi connectivity index (χ0n) is 33.8. The normalized spacial score (nSPS) is 13.0. The van der Waals surface area contributed by atoms with Gasteiger partial charge >= 0.3 is 17.9 Å². The Balaban J connectivity index is 0.000000521. The van der Waals surface area contributed by atoms with Crippen LogP contribution in [0.5, 0.6) is 0 Å². The average molecular weight is 1100 g/mol. The Kier molecular flexibility index (Phi) is 26.0. The molecule has 2 unspecified atom stereocenters.